The van der Waals surface area contributed by atoms with Gasteiger partial charge < -0.3 is 13.7 Å². The molecule has 2 aromatic heterocycles. The van der Waals surface area contributed by atoms with Crippen molar-refractivity contribution < 1.29 is 18.7 Å². The molecular weight excluding hydrogens is 370 g/mol. The van der Waals surface area contributed by atoms with Gasteiger partial charge in [-0.2, -0.15) is 5.10 Å². The molecule has 0 unspecified atom stereocenters. The van der Waals surface area contributed by atoms with Crippen molar-refractivity contribution in [2.24, 2.45) is 5.10 Å². The van der Waals surface area contributed by atoms with Gasteiger partial charge in [-0.25, -0.2) is 10.2 Å². The van der Waals surface area contributed by atoms with Crippen LogP contribution in [0.5, 0.6) is 0 Å². The molecule has 3 aromatic rings. The molecule has 0 radical (unpaired) electrons. The molecule has 7 heteroatoms. The number of hydrogen-bond acceptors (Lipinski definition) is 5. The van der Waals surface area contributed by atoms with E-state index in [1.165, 1.54) is 0 Å². The van der Waals surface area contributed by atoms with E-state index >= 15 is 0 Å². The van der Waals surface area contributed by atoms with Gasteiger partial charge in [0.15, 0.2) is 5.76 Å². The van der Waals surface area contributed by atoms with Crippen molar-refractivity contribution >= 4 is 18.1 Å². The molecule has 0 saturated heterocycles. The van der Waals surface area contributed by atoms with Crippen LogP contribution >= 0.6 is 0 Å². The Morgan fingerprint density at radius 1 is 1.17 bits per heavy atom. The van der Waals surface area contributed by atoms with E-state index < -0.39 is 5.91 Å². The maximum absolute atomic E-state index is 12.0. The zero-order chi connectivity index (χ0) is 21.0. The molecular formula is C22H23N3O4. The van der Waals surface area contributed by atoms with Crippen molar-refractivity contribution in [3.8, 4) is 5.69 Å². The van der Waals surface area contributed by atoms with Crippen LogP contribution in [0.25, 0.3) is 5.69 Å². The van der Waals surface area contributed by atoms with Gasteiger partial charge in [-0.05, 0) is 64.1 Å². The maximum atomic E-state index is 12.0. The number of aromatic nitrogens is 1. The van der Waals surface area contributed by atoms with Crippen LogP contribution in [0.1, 0.15) is 50.5 Å². The number of benzene rings is 1. The average Bonchev–Trinajstić information content (AvgIpc) is 3.25. The summed E-state index contributed by atoms with van der Waals surface area (Å²) in [6.45, 7) is 7.79. The summed E-state index contributed by atoms with van der Waals surface area (Å²) in [5, 5.41) is 4.03. The minimum atomic E-state index is -0.412. The highest BCUT2D eigenvalue weighted by atomic mass is 16.5. The Labute approximate surface area is 169 Å². The predicted molar refractivity (Wildman–Crippen MR) is 110 cm³/mol. The van der Waals surface area contributed by atoms with Gasteiger partial charge in [0, 0.05) is 22.6 Å². The number of aryl methyl sites for hydroxylation is 2. The third-order valence-electron chi connectivity index (χ3n) is 4.42. The first-order chi connectivity index (χ1) is 13.9. The van der Waals surface area contributed by atoms with E-state index in [1.807, 2.05) is 36.6 Å². The topological polar surface area (TPSA) is 85.8 Å². The van der Waals surface area contributed by atoms with E-state index in [0.717, 1.165) is 22.6 Å². The summed E-state index contributed by atoms with van der Waals surface area (Å²) in [7, 11) is 0. The number of nitrogens with one attached hydrogen (secondary N) is 1. The van der Waals surface area contributed by atoms with Crippen LogP contribution < -0.4 is 5.43 Å². The first kappa shape index (κ1) is 20.1. The van der Waals surface area contributed by atoms with Crippen LogP contribution in [0.3, 0.4) is 0 Å². The summed E-state index contributed by atoms with van der Waals surface area (Å²) in [5.74, 6) is 0.105. The summed E-state index contributed by atoms with van der Waals surface area (Å²) in [6, 6.07) is 12.5. The Bertz CT molecular complexity index is 1080. The van der Waals surface area contributed by atoms with Gasteiger partial charge in [-0.3, -0.25) is 4.79 Å². The van der Waals surface area contributed by atoms with E-state index in [-0.39, 0.29) is 11.7 Å². The zero-order valence-electron chi connectivity index (χ0n) is 16.9. The van der Waals surface area contributed by atoms with Crippen LogP contribution in [0, 0.1) is 20.8 Å². The highest BCUT2D eigenvalue weighted by Gasteiger charge is 2.13. The molecule has 0 aliphatic rings. The number of carbonyl (C=O) groups is 2. The second-order valence-corrected chi connectivity index (χ2v) is 6.54. The van der Waals surface area contributed by atoms with E-state index in [9.17, 15) is 9.59 Å². The fourth-order valence-electron chi connectivity index (χ4n) is 3.07. The van der Waals surface area contributed by atoms with E-state index in [4.69, 9.17) is 9.15 Å². The summed E-state index contributed by atoms with van der Waals surface area (Å²) in [4.78, 5) is 24.0. The normalized spacial score (nSPS) is 11.0. The quantitative estimate of drug-likeness (QED) is 0.390. The van der Waals surface area contributed by atoms with Crippen molar-refractivity contribution in [1.29, 1.82) is 0 Å². The highest BCUT2D eigenvalue weighted by Crippen LogP contribution is 2.21. The average molecular weight is 393 g/mol. The molecule has 3 rings (SSSR count). The minimum absolute atomic E-state index is 0.209. The molecule has 0 aliphatic carbocycles. The Morgan fingerprint density at radius 3 is 2.66 bits per heavy atom. The van der Waals surface area contributed by atoms with Gasteiger partial charge in [-0.15, -0.1) is 0 Å². The molecule has 2 heterocycles. The third-order valence-corrected chi connectivity index (χ3v) is 4.42. The second-order valence-electron chi connectivity index (χ2n) is 6.54. The number of ether oxygens (including phenoxy) is 1. The Kier molecular flexibility index (Phi) is 5.97. The summed E-state index contributed by atoms with van der Waals surface area (Å²) in [6.07, 6.45) is 1.59. The van der Waals surface area contributed by atoms with Crippen molar-refractivity contribution in [3.63, 3.8) is 0 Å². The Morgan fingerprint density at radius 2 is 1.97 bits per heavy atom. The van der Waals surface area contributed by atoms with Gasteiger partial charge in [0.1, 0.15) is 5.76 Å². The Balaban J connectivity index is 1.81. The molecule has 150 valence electrons. The minimum Gasteiger partial charge on any atom is -0.462 e. The first-order valence-corrected chi connectivity index (χ1v) is 9.27. The predicted octanol–water partition coefficient (Wildman–Crippen LogP) is 3.94. The number of esters is 1. The molecule has 1 aromatic carbocycles. The van der Waals surface area contributed by atoms with E-state index in [2.05, 4.69) is 10.5 Å². The van der Waals surface area contributed by atoms with Crippen LogP contribution in [-0.4, -0.2) is 29.3 Å². The standard InChI is InChI=1S/C22H23N3O4/c1-5-28-22(27)17-7-6-8-19(12-17)25-14(2)11-18(16(25)4)13-23-24-21(26)20-10-9-15(3)29-20/h6-13H,5H2,1-4H3,(H,24,26)/b23-13-. The molecule has 0 atom stereocenters. The van der Waals surface area contributed by atoms with Gasteiger partial charge in [-0.1, -0.05) is 6.07 Å². The molecule has 0 bridgehead atoms. The van der Waals surface area contributed by atoms with Crippen molar-refractivity contribution in [3.05, 3.63) is 76.5 Å². The van der Waals surface area contributed by atoms with Gasteiger partial charge in [0.2, 0.25) is 0 Å². The lowest BCUT2D eigenvalue weighted by Gasteiger charge is -2.11. The number of furan rings is 1. The fraction of sp³-hybridized carbons (Fsp3) is 0.227. The summed E-state index contributed by atoms with van der Waals surface area (Å²) < 4.78 is 12.4. The number of rotatable bonds is 6. The van der Waals surface area contributed by atoms with Gasteiger partial charge >= 0.3 is 11.9 Å². The van der Waals surface area contributed by atoms with Crippen molar-refractivity contribution in [2.75, 3.05) is 6.61 Å². The molecule has 0 spiro atoms. The van der Waals surface area contributed by atoms with Gasteiger partial charge in [0.05, 0.1) is 18.4 Å². The van der Waals surface area contributed by atoms with Gasteiger partial charge in [0.25, 0.3) is 0 Å². The lowest BCUT2D eigenvalue weighted by atomic mass is 10.2. The number of amides is 1. The fourth-order valence-corrected chi connectivity index (χ4v) is 3.07. The first-order valence-electron chi connectivity index (χ1n) is 9.27. The molecule has 7 nitrogen and oxygen atoms in total. The number of hydrazone groups is 1. The summed E-state index contributed by atoms with van der Waals surface area (Å²) >= 11 is 0. The number of carbonyl (C=O) groups excluding carboxylic acids is 2. The van der Waals surface area contributed by atoms with Crippen molar-refractivity contribution in [2.45, 2.75) is 27.7 Å². The third kappa shape index (κ3) is 4.45. The van der Waals surface area contributed by atoms with Crippen molar-refractivity contribution in [1.82, 2.24) is 9.99 Å². The lowest BCUT2D eigenvalue weighted by Crippen LogP contribution is -2.16. The molecule has 0 aliphatic heterocycles. The van der Waals surface area contributed by atoms with Crippen LogP contribution in [0.15, 0.2) is 52.0 Å². The molecule has 1 amide bonds. The Hall–Kier alpha value is -3.61. The molecule has 1 N–H and O–H groups in total. The van der Waals surface area contributed by atoms with E-state index in [1.54, 1.807) is 44.3 Å². The second kappa shape index (κ2) is 8.60. The smallest absolute Gasteiger partial charge is 0.338 e. The largest absolute Gasteiger partial charge is 0.462 e. The summed E-state index contributed by atoms with van der Waals surface area (Å²) in [5.41, 5.74) is 6.55. The SMILES string of the molecule is CCOC(=O)c1cccc(-n2c(C)cc(/C=N\NC(=O)c3ccc(C)o3)c2C)c1. The number of hydrogen-bond donors (Lipinski definition) is 1. The van der Waals surface area contributed by atoms with E-state index in [0.29, 0.717) is 17.9 Å². The van der Waals surface area contributed by atoms with Crippen LogP contribution in [-0.2, 0) is 4.74 Å². The molecule has 0 saturated carbocycles. The zero-order valence-corrected chi connectivity index (χ0v) is 16.9. The molecule has 0 fully saturated rings. The lowest BCUT2D eigenvalue weighted by molar-refractivity contribution is 0.0526. The molecule has 29 heavy (non-hydrogen) atoms. The monoisotopic (exact) mass is 393 g/mol. The number of nitrogens with zero attached hydrogens (tertiary/aromatic N) is 2. The van der Waals surface area contributed by atoms with Crippen LogP contribution in [0.2, 0.25) is 0 Å². The maximum Gasteiger partial charge on any atom is 0.338 e. The highest BCUT2D eigenvalue weighted by molar-refractivity contribution is 5.92. The van der Waals surface area contributed by atoms with Crippen LogP contribution in [0.4, 0.5) is 0 Å².